The maximum Gasteiger partial charge on any atom is 0.323 e. The van der Waals surface area contributed by atoms with Crippen LogP contribution in [0.25, 0.3) is 11.5 Å². The highest BCUT2D eigenvalue weighted by atomic mass is 35.5. The minimum atomic E-state index is -0.506. The third-order valence-electron chi connectivity index (χ3n) is 4.31. The molecule has 0 saturated carbocycles. The quantitative estimate of drug-likeness (QED) is 0.450. The highest BCUT2D eigenvalue weighted by Gasteiger charge is 2.19. The average Bonchev–Trinajstić information content (AvgIpc) is 3.37. The van der Waals surface area contributed by atoms with Crippen LogP contribution in [0.5, 0.6) is 0 Å². The summed E-state index contributed by atoms with van der Waals surface area (Å²) in [5, 5.41) is 18.3. The first-order valence-electron chi connectivity index (χ1n) is 9.09. The molecule has 0 fully saturated rings. The minimum Gasteiger partial charge on any atom is -0.384 e. The first kappa shape index (κ1) is 21.0. The molecule has 0 aliphatic carbocycles. The molecule has 4 heterocycles. The summed E-state index contributed by atoms with van der Waals surface area (Å²) < 4.78 is 6.86. The van der Waals surface area contributed by atoms with Gasteiger partial charge < -0.3 is 15.4 Å². The van der Waals surface area contributed by atoms with E-state index in [0.29, 0.717) is 40.3 Å². The van der Waals surface area contributed by atoms with Gasteiger partial charge in [-0.25, -0.2) is 19.3 Å². The summed E-state index contributed by atoms with van der Waals surface area (Å²) >= 11 is 12.3. The smallest absolute Gasteiger partial charge is 0.323 e. The Morgan fingerprint density at radius 1 is 1.16 bits per heavy atom. The van der Waals surface area contributed by atoms with Gasteiger partial charge in [-0.2, -0.15) is 15.3 Å². The van der Waals surface area contributed by atoms with Gasteiger partial charge in [0, 0.05) is 19.1 Å². The lowest BCUT2D eigenvalue weighted by atomic mass is 10.1. The Hall–Kier alpha value is -3.28. The second-order valence-electron chi connectivity index (χ2n) is 6.58. The molecule has 4 rings (SSSR count). The summed E-state index contributed by atoms with van der Waals surface area (Å²) in [6, 6.07) is 2.68. The number of hydrogen-bond acceptors (Lipinski definition) is 7. The predicted octanol–water partition coefficient (Wildman–Crippen LogP) is 3.41. The van der Waals surface area contributed by atoms with E-state index in [1.54, 1.807) is 30.0 Å². The van der Waals surface area contributed by atoms with Crippen molar-refractivity contribution in [3.63, 3.8) is 0 Å². The fraction of sp³-hybridized carbons (Fsp3) is 0.222. The van der Waals surface area contributed by atoms with Crippen molar-refractivity contribution in [1.29, 1.82) is 0 Å². The van der Waals surface area contributed by atoms with Crippen molar-refractivity contribution < 1.29 is 9.53 Å². The topological polar surface area (TPSA) is 124 Å². The van der Waals surface area contributed by atoms with Crippen LogP contribution in [0.2, 0.25) is 10.2 Å². The third kappa shape index (κ3) is 4.43. The summed E-state index contributed by atoms with van der Waals surface area (Å²) in [5.74, 6) is 0.247. The normalized spacial score (nSPS) is 12.1. The number of amides is 2. The van der Waals surface area contributed by atoms with Crippen LogP contribution in [0.3, 0.4) is 0 Å². The Balaban J connectivity index is 1.57. The number of carbonyl (C=O) groups excluding carboxylic acids is 1. The van der Waals surface area contributed by atoms with E-state index in [2.05, 4.69) is 35.9 Å². The first-order chi connectivity index (χ1) is 15.0. The number of ether oxygens (including phenoxy) is 1. The van der Waals surface area contributed by atoms with E-state index in [1.807, 2.05) is 6.92 Å². The zero-order valence-electron chi connectivity index (χ0n) is 16.5. The fourth-order valence-electron chi connectivity index (χ4n) is 3.08. The molecule has 13 heteroatoms. The van der Waals surface area contributed by atoms with E-state index in [-0.39, 0.29) is 10.9 Å². The zero-order valence-corrected chi connectivity index (χ0v) is 18.0. The van der Waals surface area contributed by atoms with Crippen molar-refractivity contribution in [1.82, 2.24) is 34.6 Å². The molecule has 1 unspecified atom stereocenters. The van der Waals surface area contributed by atoms with Crippen molar-refractivity contribution in [2.75, 3.05) is 24.4 Å². The number of anilines is 2. The van der Waals surface area contributed by atoms with Crippen LogP contribution < -0.4 is 10.6 Å². The number of nitrogens with one attached hydrogen (secondary N) is 2. The maximum atomic E-state index is 12.6. The summed E-state index contributed by atoms with van der Waals surface area (Å²) in [5.41, 5.74) is 2.12. The Morgan fingerprint density at radius 2 is 1.94 bits per heavy atom. The van der Waals surface area contributed by atoms with Crippen molar-refractivity contribution >= 4 is 46.3 Å². The van der Waals surface area contributed by atoms with Crippen molar-refractivity contribution in [3.8, 4) is 5.82 Å². The van der Waals surface area contributed by atoms with Gasteiger partial charge in [-0.1, -0.05) is 30.1 Å². The van der Waals surface area contributed by atoms with Gasteiger partial charge in [0.1, 0.15) is 0 Å². The highest BCUT2D eigenvalue weighted by molar-refractivity contribution is 6.32. The van der Waals surface area contributed by atoms with Gasteiger partial charge in [0.15, 0.2) is 16.6 Å². The average molecular weight is 462 g/mol. The number of fused-ring (bicyclic) bond motifs is 1. The lowest BCUT2D eigenvalue weighted by Gasteiger charge is -2.17. The van der Waals surface area contributed by atoms with E-state index in [4.69, 9.17) is 27.9 Å². The number of nitrogens with zero attached hydrogens (tertiary/aromatic N) is 7. The van der Waals surface area contributed by atoms with Crippen LogP contribution in [-0.4, -0.2) is 54.3 Å². The standard InChI is InChI=1S/C18H17Cl2N9O2/c1-10(9-31-2)16-13(8-21-15-6-14(20)27-28(15)16)26-18(30)25-11-5-12(19)17(22-7-11)29-23-3-4-24-29/h3-8,10H,9H2,1-2H3,(H2,25,26,30). The molecule has 0 aromatic carbocycles. The number of urea groups is 1. The monoisotopic (exact) mass is 461 g/mol. The highest BCUT2D eigenvalue weighted by Crippen LogP contribution is 2.27. The second-order valence-corrected chi connectivity index (χ2v) is 7.37. The molecule has 2 N–H and O–H groups in total. The van der Waals surface area contributed by atoms with Crippen molar-refractivity contribution in [3.05, 3.63) is 52.8 Å². The second kappa shape index (κ2) is 8.84. The lowest BCUT2D eigenvalue weighted by molar-refractivity contribution is 0.182. The zero-order chi connectivity index (χ0) is 22.0. The number of rotatable bonds is 6. The van der Waals surface area contributed by atoms with Crippen LogP contribution >= 0.6 is 23.2 Å². The van der Waals surface area contributed by atoms with Gasteiger partial charge in [0.05, 0.1) is 53.5 Å². The first-order valence-corrected chi connectivity index (χ1v) is 9.85. The van der Waals surface area contributed by atoms with Crippen LogP contribution in [0.4, 0.5) is 16.2 Å². The Bertz CT molecular complexity index is 1230. The molecule has 160 valence electrons. The fourth-order valence-corrected chi connectivity index (χ4v) is 3.49. The largest absolute Gasteiger partial charge is 0.384 e. The molecule has 4 aromatic heterocycles. The molecule has 0 aliphatic rings. The summed E-state index contributed by atoms with van der Waals surface area (Å²) in [7, 11) is 1.60. The molecule has 31 heavy (non-hydrogen) atoms. The summed E-state index contributed by atoms with van der Waals surface area (Å²) in [4.78, 5) is 22.4. The summed E-state index contributed by atoms with van der Waals surface area (Å²) in [6.45, 7) is 2.36. The van der Waals surface area contributed by atoms with Gasteiger partial charge in [0.25, 0.3) is 0 Å². The van der Waals surface area contributed by atoms with Crippen LogP contribution in [0, 0.1) is 0 Å². The maximum absolute atomic E-state index is 12.6. The Morgan fingerprint density at radius 3 is 2.65 bits per heavy atom. The molecule has 0 radical (unpaired) electrons. The van der Waals surface area contributed by atoms with Gasteiger partial charge in [-0.3, -0.25) is 0 Å². The lowest BCUT2D eigenvalue weighted by Crippen LogP contribution is -2.23. The number of hydrogen-bond donors (Lipinski definition) is 2. The molecule has 0 aliphatic heterocycles. The van der Waals surface area contributed by atoms with Crippen molar-refractivity contribution in [2.24, 2.45) is 0 Å². The van der Waals surface area contributed by atoms with Crippen LogP contribution in [0.15, 0.2) is 36.9 Å². The van der Waals surface area contributed by atoms with E-state index >= 15 is 0 Å². The number of carbonyl (C=O) groups is 1. The molecule has 1 atom stereocenters. The number of pyridine rings is 1. The van der Waals surface area contributed by atoms with Gasteiger partial charge in [-0.15, -0.1) is 4.80 Å². The van der Waals surface area contributed by atoms with Gasteiger partial charge >= 0.3 is 6.03 Å². The molecule has 0 saturated heterocycles. The van der Waals surface area contributed by atoms with Crippen molar-refractivity contribution in [2.45, 2.75) is 12.8 Å². The van der Waals surface area contributed by atoms with Gasteiger partial charge in [-0.05, 0) is 6.07 Å². The van der Waals surface area contributed by atoms with E-state index in [0.717, 1.165) is 0 Å². The Kier molecular flexibility index (Phi) is 5.98. The molecular weight excluding hydrogens is 445 g/mol. The number of halogens is 2. The van der Waals surface area contributed by atoms with E-state index < -0.39 is 6.03 Å². The van der Waals surface area contributed by atoms with Gasteiger partial charge in [0.2, 0.25) is 0 Å². The SMILES string of the molecule is COCC(C)c1c(NC(=O)Nc2cnc(-n3nccn3)c(Cl)c2)cnc2cc(Cl)nn12. The van der Waals surface area contributed by atoms with E-state index in [1.165, 1.54) is 23.4 Å². The predicted molar refractivity (Wildman–Crippen MR) is 115 cm³/mol. The molecule has 0 bridgehead atoms. The third-order valence-corrected chi connectivity index (χ3v) is 4.77. The molecule has 0 spiro atoms. The minimum absolute atomic E-state index is 0.0984. The summed E-state index contributed by atoms with van der Waals surface area (Å²) in [6.07, 6.45) is 6.02. The molecule has 2 amide bonds. The molecular formula is C18H17Cl2N9O2. The van der Waals surface area contributed by atoms with Crippen LogP contribution in [0.1, 0.15) is 18.5 Å². The van der Waals surface area contributed by atoms with Crippen LogP contribution in [-0.2, 0) is 4.74 Å². The number of methoxy groups -OCH3 is 1. The molecule has 11 nitrogen and oxygen atoms in total. The molecule has 4 aromatic rings. The van der Waals surface area contributed by atoms with E-state index in [9.17, 15) is 4.79 Å². The number of aromatic nitrogens is 7. The Labute approximate surface area is 186 Å².